The second-order valence-electron chi connectivity index (χ2n) is 2.43. The highest BCUT2D eigenvalue weighted by Gasteiger charge is 2.10. The van der Waals surface area contributed by atoms with Gasteiger partial charge in [-0.2, -0.15) is 12.6 Å². The summed E-state index contributed by atoms with van der Waals surface area (Å²) in [7, 11) is 1.42. The summed E-state index contributed by atoms with van der Waals surface area (Å²) in [6.45, 7) is 1.53. The van der Waals surface area contributed by atoms with Gasteiger partial charge in [-0.25, -0.2) is 9.37 Å². The van der Waals surface area contributed by atoms with Crippen LogP contribution < -0.4 is 4.74 Å². The van der Waals surface area contributed by atoms with Gasteiger partial charge in [0.15, 0.2) is 0 Å². The lowest BCUT2D eigenvalue weighted by atomic mass is 10.2. The first-order valence-corrected chi connectivity index (χ1v) is 4.87. The Hall–Kier alpha value is -0.810. The Labute approximate surface area is 88.3 Å². The Morgan fingerprint density at radius 3 is 2.57 bits per heavy atom. The topological polar surface area (TPSA) is 42.4 Å². The molecule has 0 fully saturated rings. The molecule has 0 radical (unpaired) electrons. The number of rotatable bonds is 2. The van der Waals surface area contributed by atoms with E-state index < -0.39 is 11.9 Å². The number of hydrogen-bond donors (Lipinski definition) is 2. The summed E-state index contributed by atoms with van der Waals surface area (Å²) in [6.07, 6.45) is 1.97. The van der Waals surface area contributed by atoms with Gasteiger partial charge in [-0.3, -0.25) is 0 Å². The minimum atomic E-state index is -0.775. The van der Waals surface area contributed by atoms with Crippen LogP contribution >= 0.6 is 12.6 Å². The number of aliphatic hydroxyl groups is 1. The van der Waals surface area contributed by atoms with Gasteiger partial charge in [0.1, 0.15) is 5.82 Å². The van der Waals surface area contributed by atoms with Crippen LogP contribution in [-0.2, 0) is 0 Å². The first kappa shape index (κ1) is 13.2. The minimum absolute atomic E-state index is 0.256. The fourth-order valence-electron chi connectivity index (χ4n) is 0.912. The van der Waals surface area contributed by atoms with Crippen molar-refractivity contribution < 1.29 is 14.2 Å². The fraction of sp³-hybridized carbons (Fsp3) is 0.444. The van der Waals surface area contributed by atoms with E-state index in [2.05, 4.69) is 17.6 Å². The van der Waals surface area contributed by atoms with Gasteiger partial charge in [0.05, 0.1) is 19.4 Å². The number of aliphatic hydroxyl groups excluding tert-OH is 1. The number of hydrogen-bond acceptors (Lipinski definition) is 4. The summed E-state index contributed by atoms with van der Waals surface area (Å²) < 4.78 is 17.4. The summed E-state index contributed by atoms with van der Waals surface area (Å²) in [6, 6.07) is 1.20. The van der Waals surface area contributed by atoms with E-state index in [1.807, 2.05) is 0 Å². The van der Waals surface area contributed by atoms with E-state index >= 15 is 0 Å². The lowest BCUT2D eigenvalue weighted by molar-refractivity contribution is 0.192. The Morgan fingerprint density at radius 2 is 2.14 bits per heavy atom. The molecule has 1 rings (SSSR count). The molecule has 1 atom stereocenters. The van der Waals surface area contributed by atoms with Crippen molar-refractivity contribution in [1.82, 2.24) is 4.98 Å². The highest BCUT2D eigenvalue weighted by atomic mass is 32.1. The molecule has 0 saturated carbocycles. The summed E-state index contributed by atoms with van der Waals surface area (Å²) in [5.41, 5.74) is 0.359. The van der Waals surface area contributed by atoms with Gasteiger partial charge in [0.2, 0.25) is 5.88 Å². The van der Waals surface area contributed by atoms with Crippen LogP contribution in [0.3, 0.4) is 0 Å². The number of nitrogens with zero attached hydrogens (tertiary/aromatic N) is 1. The third kappa shape index (κ3) is 3.51. The first-order valence-electron chi connectivity index (χ1n) is 3.97. The SMILES string of the molecule is COc1ncc(F)cc1C(C)O.CS. The van der Waals surface area contributed by atoms with Gasteiger partial charge >= 0.3 is 0 Å². The van der Waals surface area contributed by atoms with Crippen molar-refractivity contribution in [3.63, 3.8) is 0 Å². The van der Waals surface area contributed by atoms with Crippen LogP contribution in [0.4, 0.5) is 4.39 Å². The van der Waals surface area contributed by atoms with Crippen LogP contribution in [0.1, 0.15) is 18.6 Å². The molecule has 80 valence electrons. The molecule has 0 aromatic carbocycles. The molecule has 1 aromatic rings. The average molecular weight is 219 g/mol. The maximum Gasteiger partial charge on any atom is 0.219 e. The predicted octanol–water partition coefficient (Wildman–Crippen LogP) is 1.83. The standard InChI is InChI=1S/C8H10FNO2.CH4S/c1-5(11)7-3-6(9)4-10-8(7)12-2;1-2/h3-5,11H,1-2H3;2H,1H3. The number of ether oxygens (including phenoxy) is 1. The van der Waals surface area contributed by atoms with Gasteiger partial charge in [-0.05, 0) is 19.2 Å². The third-order valence-electron chi connectivity index (χ3n) is 1.49. The summed E-state index contributed by atoms with van der Waals surface area (Å²) >= 11 is 3.53. The maximum absolute atomic E-state index is 12.6. The molecule has 3 nitrogen and oxygen atoms in total. The normalized spacial score (nSPS) is 11.3. The fourth-order valence-corrected chi connectivity index (χ4v) is 0.912. The highest BCUT2D eigenvalue weighted by Crippen LogP contribution is 2.22. The Kier molecular flexibility index (Phi) is 6.23. The summed E-state index contributed by atoms with van der Waals surface area (Å²) in [5, 5.41) is 9.17. The molecule has 0 aliphatic rings. The molecule has 1 N–H and O–H groups in total. The zero-order valence-electron chi connectivity index (χ0n) is 8.36. The van der Waals surface area contributed by atoms with Crippen molar-refractivity contribution >= 4 is 12.6 Å². The number of thiol groups is 1. The number of aromatic nitrogens is 1. The molecule has 0 spiro atoms. The number of methoxy groups -OCH3 is 1. The van der Waals surface area contributed by atoms with E-state index in [1.165, 1.54) is 20.1 Å². The molecule has 0 aliphatic heterocycles. The molecule has 1 unspecified atom stereocenters. The van der Waals surface area contributed by atoms with Crippen LogP contribution in [0.5, 0.6) is 5.88 Å². The van der Waals surface area contributed by atoms with Gasteiger partial charge in [0.25, 0.3) is 0 Å². The molecule has 14 heavy (non-hydrogen) atoms. The van der Waals surface area contributed by atoms with Gasteiger partial charge in [-0.1, -0.05) is 0 Å². The largest absolute Gasteiger partial charge is 0.481 e. The third-order valence-corrected chi connectivity index (χ3v) is 1.49. The Morgan fingerprint density at radius 1 is 1.57 bits per heavy atom. The second-order valence-corrected chi connectivity index (χ2v) is 2.43. The summed E-state index contributed by atoms with van der Waals surface area (Å²) in [4.78, 5) is 3.66. The number of pyridine rings is 1. The Bertz CT molecular complexity index is 282. The van der Waals surface area contributed by atoms with Crippen LogP contribution in [0.15, 0.2) is 12.3 Å². The molecular weight excluding hydrogens is 205 g/mol. The van der Waals surface area contributed by atoms with Crippen molar-refractivity contribution in [2.24, 2.45) is 0 Å². The van der Waals surface area contributed by atoms with Crippen LogP contribution in [0.2, 0.25) is 0 Å². The molecular formula is C9H14FNO2S. The molecule has 0 amide bonds. The zero-order chi connectivity index (χ0) is 11.1. The smallest absolute Gasteiger partial charge is 0.219 e. The van der Waals surface area contributed by atoms with Gasteiger partial charge in [0, 0.05) is 5.56 Å². The van der Waals surface area contributed by atoms with E-state index in [9.17, 15) is 9.50 Å². The molecule has 1 aromatic heterocycles. The summed E-state index contributed by atoms with van der Waals surface area (Å²) in [5.74, 6) is -0.224. The van der Waals surface area contributed by atoms with Crippen LogP contribution in [0, 0.1) is 5.82 Å². The maximum atomic E-state index is 12.6. The first-order chi connectivity index (χ1) is 6.65. The van der Waals surface area contributed by atoms with Crippen molar-refractivity contribution in [2.75, 3.05) is 13.4 Å². The monoisotopic (exact) mass is 219 g/mol. The van der Waals surface area contributed by atoms with Gasteiger partial charge in [-0.15, -0.1) is 0 Å². The van der Waals surface area contributed by atoms with Gasteiger partial charge < -0.3 is 9.84 Å². The van der Waals surface area contributed by atoms with E-state index in [1.54, 1.807) is 6.26 Å². The molecule has 1 heterocycles. The molecule has 5 heteroatoms. The van der Waals surface area contributed by atoms with E-state index in [0.717, 1.165) is 6.20 Å². The van der Waals surface area contributed by atoms with E-state index in [0.29, 0.717) is 5.56 Å². The second kappa shape index (κ2) is 6.62. The number of halogens is 1. The zero-order valence-corrected chi connectivity index (χ0v) is 9.25. The van der Waals surface area contributed by atoms with Crippen molar-refractivity contribution in [1.29, 1.82) is 0 Å². The Balaban J connectivity index is 0.000000791. The quantitative estimate of drug-likeness (QED) is 0.746. The van der Waals surface area contributed by atoms with Crippen molar-refractivity contribution in [3.8, 4) is 5.88 Å². The highest BCUT2D eigenvalue weighted by molar-refractivity contribution is 7.79. The van der Waals surface area contributed by atoms with Crippen molar-refractivity contribution in [2.45, 2.75) is 13.0 Å². The van der Waals surface area contributed by atoms with Crippen LogP contribution in [-0.4, -0.2) is 23.5 Å². The average Bonchev–Trinajstić information content (AvgIpc) is 2.20. The van der Waals surface area contributed by atoms with Crippen LogP contribution in [0.25, 0.3) is 0 Å². The van der Waals surface area contributed by atoms with E-state index in [-0.39, 0.29) is 5.88 Å². The lowest BCUT2D eigenvalue weighted by Crippen LogP contribution is -1.99. The molecule has 0 bridgehead atoms. The van der Waals surface area contributed by atoms with E-state index in [4.69, 9.17) is 4.74 Å². The lowest BCUT2D eigenvalue weighted by Gasteiger charge is -2.08. The van der Waals surface area contributed by atoms with Crippen molar-refractivity contribution in [3.05, 3.63) is 23.6 Å². The predicted molar refractivity (Wildman–Crippen MR) is 56.3 cm³/mol. The minimum Gasteiger partial charge on any atom is -0.481 e. The molecule has 0 aliphatic carbocycles. The molecule has 0 saturated heterocycles.